The summed E-state index contributed by atoms with van der Waals surface area (Å²) in [6, 6.07) is 9.52. The van der Waals surface area contributed by atoms with E-state index in [9.17, 15) is 4.79 Å². The Morgan fingerprint density at radius 2 is 1.93 bits per heavy atom. The molecule has 82 valence electrons. The number of ether oxygens (including phenoxy) is 1. The maximum Gasteiger partial charge on any atom is 0.225 e. The van der Waals surface area contributed by atoms with Gasteiger partial charge in [0.1, 0.15) is 6.73 Å². The second kappa shape index (κ2) is 5.51. The molecule has 1 amide bonds. The van der Waals surface area contributed by atoms with Crippen LogP contribution in [0.2, 0.25) is 0 Å². The Morgan fingerprint density at radius 3 is 2.40 bits per heavy atom. The van der Waals surface area contributed by atoms with Gasteiger partial charge < -0.3 is 4.74 Å². The van der Waals surface area contributed by atoms with Crippen LogP contribution < -0.4 is 4.90 Å². The van der Waals surface area contributed by atoms with Crippen LogP contribution in [-0.4, -0.2) is 18.7 Å². The number of hydrogen-bond acceptors (Lipinski definition) is 2. The highest BCUT2D eigenvalue weighted by Gasteiger charge is 2.11. The number of benzene rings is 1. The molecular formula is C12H17NO2. The van der Waals surface area contributed by atoms with Crippen LogP contribution in [0.25, 0.3) is 0 Å². The molecule has 0 fully saturated rings. The van der Waals surface area contributed by atoms with Gasteiger partial charge in [0.05, 0.1) is 6.10 Å². The highest BCUT2D eigenvalue weighted by molar-refractivity contribution is 5.91. The Kier molecular flexibility index (Phi) is 4.31. The normalized spacial score (nSPS) is 10.4. The minimum Gasteiger partial charge on any atom is -0.358 e. The van der Waals surface area contributed by atoms with Crippen LogP contribution in [0.1, 0.15) is 20.8 Å². The van der Waals surface area contributed by atoms with E-state index in [-0.39, 0.29) is 12.0 Å². The molecule has 15 heavy (non-hydrogen) atoms. The summed E-state index contributed by atoms with van der Waals surface area (Å²) < 4.78 is 5.42. The lowest BCUT2D eigenvalue weighted by molar-refractivity contribution is -0.118. The number of carbonyl (C=O) groups excluding carboxylic acids is 1. The van der Waals surface area contributed by atoms with Gasteiger partial charge in [-0.3, -0.25) is 9.69 Å². The molecule has 0 saturated carbocycles. The summed E-state index contributed by atoms with van der Waals surface area (Å²) in [7, 11) is 0. The summed E-state index contributed by atoms with van der Waals surface area (Å²) in [5, 5.41) is 0. The van der Waals surface area contributed by atoms with E-state index in [1.54, 1.807) is 4.90 Å². The highest BCUT2D eigenvalue weighted by Crippen LogP contribution is 2.13. The van der Waals surface area contributed by atoms with Gasteiger partial charge in [0.15, 0.2) is 0 Å². The zero-order chi connectivity index (χ0) is 11.3. The first-order valence-corrected chi connectivity index (χ1v) is 5.06. The summed E-state index contributed by atoms with van der Waals surface area (Å²) in [5.74, 6) is -0.0122. The zero-order valence-corrected chi connectivity index (χ0v) is 9.43. The standard InChI is InChI=1S/C12H17NO2/c1-10(2)15-9-13(11(3)14)12-7-5-4-6-8-12/h4-8,10H,9H2,1-3H3. The van der Waals surface area contributed by atoms with Crippen LogP contribution in [0.3, 0.4) is 0 Å². The number of rotatable bonds is 4. The molecule has 0 aliphatic heterocycles. The molecule has 0 N–H and O–H groups in total. The minimum atomic E-state index is -0.0122. The molecule has 3 heteroatoms. The van der Waals surface area contributed by atoms with Crippen LogP contribution in [0.15, 0.2) is 30.3 Å². The largest absolute Gasteiger partial charge is 0.358 e. The first kappa shape index (κ1) is 11.7. The third-order valence-corrected chi connectivity index (χ3v) is 1.98. The van der Waals surface area contributed by atoms with Crippen LogP contribution in [-0.2, 0) is 9.53 Å². The Balaban J connectivity index is 2.71. The van der Waals surface area contributed by atoms with Crippen molar-refractivity contribution in [1.29, 1.82) is 0 Å². The first-order valence-electron chi connectivity index (χ1n) is 5.06. The summed E-state index contributed by atoms with van der Waals surface area (Å²) in [6.07, 6.45) is 0.121. The fourth-order valence-corrected chi connectivity index (χ4v) is 1.18. The molecule has 0 bridgehead atoms. The predicted octanol–water partition coefficient (Wildman–Crippen LogP) is 2.42. The van der Waals surface area contributed by atoms with E-state index < -0.39 is 0 Å². The quantitative estimate of drug-likeness (QED) is 0.710. The van der Waals surface area contributed by atoms with Crippen molar-refractivity contribution in [2.45, 2.75) is 26.9 Å². The van der Waals surface area contributed by atoms with Crippen molar-refractivity contribution in [1.82, 2.24) is 0 Å². The van der Waals surface area contributed by atoms with Crippen molar-refractivity contribution in [3.8, 4) is 0 Å². The van der Waals surface area contributed by atoms with Crippen molar-refractivity contribution < 1.29 is 9.53 Å². The maximum absolute atomic E-state index is 11.4. The number of nitrogens with zero attached hydrogens (tertiary/aromatic N) is 1. The van der Waals surface area contributed by atoms with E-state index in [2.05, 4.69) is 0 Å². The minimum absolute atomic E-state index is 0.0122. The Morgan fingerprint density at radius 1 is 1.33 bits per heavy atom. The number of para-hydroxylation sites is 1. The topological polar surface area (TPSA) is 29.5 Å². The van der Waals surface area contributed by atoms with E-state index in [1.807, 2.05) is 44.2 Å². The van der Waals surface area contributed by atoms with Crippen molar-refractivity contribution in [3.63, 3.8) is 0 Å². The molecule has 0 atom stereocenters. The van der Waals surface area contributed by atoms with Crippen LogP contribution in [0, 0.1) is 0 Å². The average Bonchev–Trinajstić information content (AvgIpc) is 2.18. The molecule has 0 aliphatic carbocycles. The van der Waals surface area contributed by atoms with Gasteiger partial charge in [-0.1, -0.05) is 18.2 Å². The smallest absolute Gasteiger partial charge is 0.225 e. The highest BCUT2D eigenvalue weighted by atomic mass is 16.5. The molecule has 0 aromatic heterocycles. The molecule has 3 nitrogen and oxygen atoms in total. The summed E-state index contributed by atoms with van der Waals surface area (Å²) in [6.45, 7) is 5.74. The number of carbonyl (C=O) groups is 1. The molecule has 0 unspecified atom stereocenters. The van der Waals surface area contributed by atoms with Gasteiger partial charge in [-0.2, -0.15) is 0 Å². The molecule has 1 aromatic rings. The maximum atomic E-state index is 11.4. The second-order valence-corrected chi connectivity index (χ2v) is 3.63. The SMILES string of the molecule is CC(=O)N(COC(C)C)c1ccccc1. The van der Waals surface area contributed by atoms with Crippen LogP contribution >= 0.6 is 0 Å². The van der Waals surface area contributed by atoms with E-state index in [4.69, 9.17) is 4.74 Å². The fraction of sp³-hybridized carbons (Fsp3) is 0.417. The second-order valence-electron chi connectivity index (χ2n) is 3.63. The van der Waals surface area contributed by atoms with Crippen molar-refractivity contribution >= 4 is 11.6 Å². The summed E-state index contributed by atoms with van der Waals surface area (Å²) >= 11 is 0. The summed E-state index contributed by atoms with van der Waals surface area (Å²) in [4.78, 5) is 13.0. The van der Waals surface area contributed by atoms with Gasteiger partial charge in [0.25, 0.3) is 0 Å². The van der Waals surface area contributed by atoms with Gasteiger partial charge in [-0.25, -0.2) is 0 Å². The number of hydrogen-bond donors (Lipinski definition) is 0. The number of anilines is 1. The van der Waals surface area contributed by atoms with Crippen molar-refractivity contribution in [2.75, 3.05) is 11.6 Å². The lowest BCUT2D eigenvalue weighted by Crippen LogP contribution is -2.32. The van der Waals surface area contributed by atoms with Crippen LogP contribution in [0.5, 0.6) is 0 Å². The third-order valence-electron chi connectivity index (χ3n) is 1.98. The van der Waals surface area contributed by atoms with Gasteiger partial charge in [-0.15, -0.1) is 0 Å². The van der Waals surface area contributed by atoms with Gasteiger partial charge in [-0.05, 0) is 26.0 Å². The average molecular weight is 207 g/mol. The van der Waals surface area contributed by atoms with E-state index >= 15 is 0 Å². The summed E-state index contributed by atoms with van der Waals surface area (Å²) in [5.41, 5.74) is 0.866. The Hall–Kier alpha value is -1.35. The molecular weight excluding hydrogens is 190 g/mol. The molecule has 0 radical (unpaired) electrons. The van der Waals surface area contributed by atoms with Gasteiger partial charge in [0.2, 0.25) is 5.91 Å². The monoisotopic (exact) mass is 207 g/mol. The Labute approximate surface area is 90.7 Å². The lowest BCUT2D eigenvalue weighted by Gasteiger charge is -2.22. The van der Waals surface area contributed by atoms with E-state index in [0.717, 1.165) is 5.69 Å². The number of amides is 1. The molecule has 0 saturated heterocycles. The molecule has 0 heterocycles. The fourth-order valence-electron chi connectivity index (χ4n) is 1.18. The lowest BCUT2D eigenvalue weighted by atomic mass is 10.3. The van der Waals surface area contributed by atoms with E-state index in [0.29, 0.717) is 6.73 Å². The van der Waals surface area contributed by atoms with E-state index in [1.165, 1.54) is 6.92 Å². The third kappa shape index (κ3) is 3.72. The van der Waals surface area contributed by atoms with Gasteiger partial charge >= 0.3 is 0 Å². The van der Waals surface area contributed by atoms with Gasteiger partial charge in [0, 0.05) is 12.6 Å². The molecule has 0 aliphatic rings. The molecule has 0 spiro atoms. The molecule has 1 aromatic carbocycles. The Bertz CT molecular complexity index is 309. The first-order chi connectivity index (χ1) is 7.11. The predicted molar refractivity (Wildman–Crippen MR) is 60.7 cm³/mol. The van der Waals surface area contributed by atoms with Crippen molar-refractivity contribution in [2.24, 2.45) is 0 Å². The van der Waals surface area contributed by atoms with Crippen molar-refractivity contribution in [3.05, 3.63) is 30.3 Å². The van der Waals surface area contributed by atoms with Crippen LogP contribution in [0.4, 0.5) is 5.69 Å². The molecule has 1 rings (SSSR count). The zero-order valence-electron chi connectivity index (χ0n) is 9.43.